The second kappa shape index (κ2) is 16.2. The second-order valence-corrected chi connectivity index (χ2v) is 5.78. The Morgan fingerprint density at radius 1 is 0.917 bits per heavy atom. The number of allylic oxidation sites excluding steroid dienone is 5. The molecule has 0 amide bonds. The monoisotopic (exact) mass is 336 g/mol. The highest BCUT2D eigenvalue weighted by Crippen LogP contribution is 2.04. The Morgan fingerprint density at radius 3 is 2.21 bits per heavy atom. The number of aliphatic carboxylic acids is 1. The summed E-state index contributed by atoms with van der Waals surface area (Å²) in [5.74, 6) is -0.777. The van der Waals surface area contributed by atoms with Gasteiger partial charge in [0.1, 0.15) is 0 Å². The van der Waals surface area contributed by atoms with Crippen LogP contribution in [0.5, 0.6) is 0 Å². The maximum absolute atomic E-state index is 10.3. The highest BCUT2D eigenvalue weighted by Gasteiger charge is 1.97. The minimum atomic E-state index is -0.777. The number of aliphatic hydroxyl groups is 2. The molecule has 0 bridgehead atoms. The van der Waals surface area contributed by atoms with Gasteiger partial charge in [-0.05, 0) is 25.7 Å². The molecule has 0 saturated heterocycles. The molecule has 0 spiro atoms. The molecule has 24 heavy (non-hydrogen) atoms. The normalized spacial score (nSPS) is 15.1. The number of rotatable bonds is 14. The molecule has 0 radical (unpaired) electrons. The van der Waals surface area contributed by atoms with E-state index in [4.69, 9.17) is 5.11 Å². The summed E-state index contributed by atoms with van der Waals surface area (Å²) in [5.41, 5.74) is 0. The summed E-state index contributed by atoms with van der Waals surface area (Å²) in [6.07, 6.45) is 19.7. The van der Waals surface area contributed by atoms with Gasteiger partial charge in [-0.25, -0.2) is 0 Å². The first-order chi connectivity index (χ1) is 11.6. The van der Waals surface area contributed by atoms with Gasteiger partial charge in [0.25, 0.3) is 0 Å². The summed E-state index contributed by atoms with van der Waals surface area (Å²) in [7, 11) is 0. The first kappa shape index (κ1) is 22.4. The van der Waals surface area contributed by atoms with Crippen molar-refractivity contribution in [1.29, 1.82) is 0 Å². The Balaban J connectivity index is 3.80. The van der Waals surface area contributed by atoms with Crippen LogP contribution >= 0.6 is 0 Å². The van der Waals surface area contributed by atoms with E-state index in [0.29, 0.717) is 19.3 Å². The topological polar surface area (TPSA) is 77.8 Å². The lowest BCUT2D eigenvalue weighted by molar-refractivity contribution is -0.137. The van der Waals surface area contributed by atoms with E-state index >= 15 is 0 Å². The molecule has 4 heteroatoms. The first-order valence-electron chi connectivity index (χ1n) is 8.80. The fraction of sp³-hybridized carbons (Fsp3) is 0.550. The van der Waals surface area contributed by atoms with Crippen LogP contribution in [0.25, 0.3) is 0 Å². The van der Waals surface area contributed by atoms with Crippen molar-refractivity contribution in [2.75, 3.05) is 0 Å². The van der Waals surface area contributed by atoms with E-state index in [2.05, 4.69) is 6.92 Å². The van der Waals surface area contributed by atoms with Crippen LogP contribution in [0.2, 0.25) is 0 Å². The van der Waals surface area contributed by atoms with Crippen LogP contribution in [-0.4, -0.2) is 33.5 Å². The van der Waals surface area contributed by atoms with Crippen LogP contribution in [0, 0.1) is 0 Å². The average molecular weight is 336 g/mol. The maximum Gasteiger partial charge on any atom is 0.303 e. The number of hydrogen-bond donors (Lipinski definition) is 3. The van der Waals surface area contributed by atoms with Crippen LogP contribution in [0.4, 0.5) is 0 Å². The highest BCUT2D eigenvalue weighted by molar-refractivity contribution is 5.66. The highest BCUT2D eigenvalue weighted by atomic mass is 16.4. The standard InChI is InChI=1S/C20H32O4/c1-2-3-8-13-18(21)14-9-4-5-10-15-19(22)16-11-6-7-12-17-20(23)24/h4-6,9-11,14-15,18-19,21-22H,2-3,7-8,12-13,16-17H2,1H3,(H,23,24)/b5-4+,11-6?,14-9+,15-10+/t18-,19-/m0/s1. The zero-order chi connectivity index (χ0) is 18.0. The van der Waals surface area contributed by atoms with E-state index in [1.54, 1.807) is 18.2 Å². The number of aliphatic hydroxyl groups excluding tert-OH is 2. The Morgan fingerprint density at radius 2 is 1.58 bits per heavy atom. The van der Waals surface area contributed by atoms with Gasteiger partial charge in [-0.15, -0.1) is 0 Å². The Labute approximate surface area is 145 Å². The molecule has 0 aliphatic carbocycles. The van der Waals surface area contributed by atoms with Crippen molar-refractivity contribution in [3.05, 3.63) is 48.6 Å². The van der Waals surface area contributed by atoms with Crippen LogP contribution in [0.1, 0.15) is 58.3 Å². The average Bonchev–Trinajstić information content (AvgIpc) is 2.54. The predicted molar refractivity (Wildman–Crippen MR) is 98.8 cm³/mol. The van der Waals surface area contributed by atoms with Crippen molar-refractivity contribution in [2.45, 2.75) is 70.5 Å². The van der Waals surface area contributed by atoms with Gasteiger partial charge in [0.15, 0.2) is 0 Å². The summed E-state index contributed by atoms with van der Waals surface area (Å²) in [6.45, 7) is 2.14. The quantitative estimate of drug-likeness (QED) is 0.253. The summed E-state index contributed by atoms with van der Waals surface area (Å²) in [5, 5.41) is 27.9. The molecule has 136 valence electrons. The van der Waals surface area contributed by atoms with E-state index < -0.39 is 12.1 Å². The zero-order valence-corrected chi connectivity index (χ0v) is 14.7. The molecule has 0 aromatic heterocycles. The third kappa shape index (κ3) is 16.7. The van der Waals surface area contributed by atoms with Crippen molar-refractivity contribution in [3.63, 3.8) is 0 Å². The Bertz CT molecular complexity index is 421. The fourth-order valence-electron chi connectivity index (χ4n) is 2.02. The van der Waals surface area contributed by atoms with Crippen LogP contribution < -0.4 is 0 Å². The first-order valence-corrected chi connectivity index (χ1v) is 8.80. The number of hydrogen-bond acceptors (Lipinski definition) is 3. The van der Waals surface area contributed by atoms with Crippen molar-refractivity contribution < 1.29 is 20.1 Å². The van der Waals surface area contributed by atoms with E-state index in [1.165, 1.54) is 0 Å². The van der Waals surface area contributed by atoms with Gasteiger partial charge in [-0.3, -0.25) is 4.79 Å². The molecule has 4 nitrogen and oxygen atoms in total. The molecule has 0 aliphatic rings. The van der Waals surface area contributed by atoms with Gasteiger partial charge in [-0.2, -0.15) is 0 Å². The zero-order valence-electron chi connectivity index (χ0n) is 14.7. The molecule has 0 rings (SSSR count). The van der Waals surface area contributed by atoms with E-state index in [0.717, 1.165) is 25.7 Å². The smallest absolute Gasteiger partial charge is 0.303 e. The van der Waals surface area contributed by atoms with Crippen LogP contribution in [-0.2, 0) is 4.79 Å². The third-order valence-corrected chi connectivity index (χ3v) is 3.41. The summed E-state index contributed by atoms with van der Waals surface area (Å²) in [4.78, 5) is 10.3. The van der Waals surface area contributed by atoms with E-state index in [1.807, 2.05) is 30.4 Å². The maximum atomic E-state index is 10.3. The van der Waals surface area contributed by atoms with Crippen molar-refractivity contribution in [1.82, 2.24) is 0 Å². The molecular formula is C20H32O4. The van der Waals surface area contributed by atoms with Crippen molar-refractivity contribution in [2.24, 2.45) is 0 Å². The Kier molecular flexibility index (Phi) is 15.1. The molecule has 0 saturated carbocycles. The van der Waals surface area contributed by atoms with Gasteiger partial charge in [-0.1, -0.05) is 74.8 Å². The van der Waals surface area contributed by atoms with Gasteiger partial charge < -0.3 is 15.3 Å². The fourth-order valence-corrected chi connectivity index (χ4v) is 2.02. The summed E-state index contributed by atoms with van der Waals surface area (Å²) >= 11 is 0. The lowest BCUT2D eigenvalue weighted by atomic mass is 10.1. The summed E-state index contributed by atoms with van der Waals surface area (Å²) in [6, 6.07) is 0. The van der Waals surface area contributed by atoms with E-state index in [9.17, 15) is 15.0 Å². The third-order valence-electron chi connectivity index (χ3n) is 3.41. The molecule has 2 atom stereocenters. The molecule has 0 fully saturated rings. The second-order valence-electron chi connectivity index (χ2n) is 5.78. The van der Waals surface area contributed by atoms with Gasteiger partial charge in [0.2, 0.25) is 0 Å². The SMILES string of the molecule is CCCCC[C@H](O)/C=C/C=C/C=C/[C@H](O)CC=CCCCC(=O)O. The van der Waals surface area contributed by atoms with Gasteiger partial charge in [0.05, 0.1) is 12.2 Å². The minimum absolute atomic E-state index is 0.179. The summed E-state index contributed by atoms with van der Waals surface area (Å²) < 4.78 is 0. The van der Waals surface area contributed by atoms with E-state index in [-0.39, 0.29) is 12.5 Å². The van der Waals surface area contributed by atoms with Gasteiger partial charge >= 0.3 is 5.97 Å². The molecule has 0 aliphatic heterocycles. The van der Waals surface area contributed by atoms with Gasteiger partial charge in [0, 0.05) is 6.42 Å². The molecule has 0 unspecified atom stereocenters. The number of carboxylic acids is 1. The molecular weight excluding hydrogens is 304 g/mol. The van der Waals surface area contributed by atoms with Crippen molar-refractivity contribution in [3.8, 4) is 0 Å². The number of unbranched alkanes of at least 4 members (excludes halogenated alkanes) is 3. The Hall–Kier alpha value is -1.65. The van der Waals surface area contributed by atoms with Crippen LogP contribution in [0.3, 0.4) is 0 Å². The molecule has 0 heterocycles. The number of carboxylic acid groups (broad SMARTS) is 1. The van der Waals surface area contributed by atoms with Crippen LogP contribution in [0.15, 0.2) is 48.6 Å². The predicted octanol–water partition coefficient (Wildman–Crippen LogP) is 4.16. The largest absolute Gasteiger partial charge is 0.481 e. The minimum Gasteiger partial charge on any atom is -0.481 e. The molecule has 3 N–H and O–H groups in total. The molecule has 0 aromatic carbocycles. The van der Waals surface area contributed by atoms with Crippen molar-refractivity contribution >= 4 is 5.97 Å². The lowest BCUT2D eigenvalue weighted by Crippen LogP contribution is -2.00. The number of carbonyl (C=O) groups is 1. The molecule has 0 aromatic rings. The lowest BCUT2D eigenvalue weighted by Gasteiger charge is -2.02.